The molecule has 0 saturated heterocycles. The first-order valence-corrected chi connectivity index (χ1v) is 35.3. The van der Waals surface area contributed by atoms with Crippen LogP contribution in [-0.4, -0.2) is 83.9 Å². The summed E-state index contributed by atoms with van der Waals surface area (Å²) in [6.45, 7) is 14.2. The van der Waals surface area contributed by atoms with E-state index in [2.05, 4.69) is 26.2 Å². The predicted molar refractivity (Wildman–Crippen MR) is 318 cm³/mol. The Balaban J connectivity index is 0.693. The van der Waals surface area contributed by atoms with Gasteiger partial charge in [-0.25, -0.2) is 14.7 Å². The van der Waals surface area contributed by atoms with Crippen molar-refractivity contribution in [1.82, 2.24) is 4.90 Å². The average Bonchev–Trinajstić information content (AvgIpc) is 4.07. The summed E-state index contributed by atoms with van der Waals surface area (Å²) in [6.07, 6.45) is 0. The first-order valence-electron chi connectivity index (χ1n) is 26.5. The zero-order valence-corrected chi connectivity index (χ0v) is 48.9. The zero-order chi connectivity index (χ0) is 57.9. The summed E-state index contributed by atoms with van der Waals surface area (Å²) in [7, 11) is -6.40. The first-order chi connectivity index (χ1) is 39.0. The fourth-order valence-electron chi connectivity index (χ4n) is 11.0. The molecule has 12 rings (SSSR count). The zero-order valence-electron chi connectivity index (χ0n) is 45.9. The Morgan fingerprint density at radius 3 is 0.890 bits per heavy atom. The lowest BCUT2D eigenvalue weighted by molar-refractivity contribution is 0.0690. The average molecular weight is 1140 g/mol. The van der Waals surface area contributed by atoms with Gasteiger partial charge < -0.3 is 13.6 Å². The molecule has 0 N–H and O–H groups in total. The van der Waals surface area contributed by atoms with E-state index in [-0.39, 0.29) is 39.6 Å². The molecule has 4 aliphatic heterocycles. The SMILES string of the molecule is Cc1ccc(O[Si](C)(C)Oc2ccc(N3C(=O)c4ccc([Si](C)(C)c5ccc6c(c5)C(=O)N(c5ccc(Oc7ccc(N8C(=O)c9ccc([Si](C)(C)c%10ccc%11c(c%10)C(=O)N(C)C%11=O)cc9C8=O)cc7)cc5)C6=O)cc4C3=O)cc2)cc1. The molecule has 0 spiro atoms. The van der Waals surface area contributed by atoms with Gasteiger partial charge in [0, 0.05) is 20.1 Å². The summed E-state index contributed by atoms with van der Waals surface area (Å²) in [6, 6.07) is 48.8. The van der Waals surface area contributed by atoms with Crippen molar-refractivity contribution < 1.29 is 51.9 Å². The molecule has 82 heavy (non-hydrogen) atoms. The number of amides is 8. The lowest BCUT2D eigenvalue weighted by atomic mass is 10.1. The van der Waals surface area contributed by atoms with Gasteiger partial charge in [-0.2, -0.15) is 0 Å². The van der Waals surface area contributed by atoms with Crippen molar-refractivity contribution in [1.29, 1.82) is 0 Å². The highest BCUT2D eigenvalue weighted by Crippen LogP contribution is 2.35. The van der Waals surface area contributed by atoms with Crippen LogP contribution in [0.2, 0.25) is 39.3 Å². The van der Waals surface area contributed by atoms with Gasteiger partial charge in [0.15, 0.2) is 0 Å². The van der Waals surface area contributed by atoms with Gasteiger partial charge in [-0.3, -0.25) is 43.3 Å². The molecule has 406 valence electrons. The van der Waals surface area contributed by atoms with E-state index in [0.29, 0.717) is 56.8 Å². The number of aryl methyl sites for hydroxylation is 1. The Bertz CT molecular complexity index is 4140. The maximum atomic E-state index is 14.1. The highest BCUT2D eigenvalue weighted by atomic mass is 28.4. The van der Waals surface area contributed by atoms with Gasteiger partial charge in [0.1, 0.15) is 39.1 Å². The lowest BCUT2D eigenvalue weighted by Crippen LogP contribution is -2.53. The first kappa shape index (κ1) is 53.0. The minimum absolute atomic E-state index is 0.257. The minimum atomic E-state index is -2.67. The highest BCUT2D eigenvalue weighted by molar-refractivity contribution is 7.01. The molecule has 0 aliphatic carbocycles. The summed E-state index contributed by atoms with van der Waals surface area (Å²) in [5.41, 5.74) is 4.58. The van der Waals surface area contributed by atoms with Crippen molar-refractivity contribution in [2.24, 2.45) is 0 Å². The van der Waals surface area contributed by atoms with E-state index < -0.39 is 60.2 Å². The molecular formula is C64H52N4O11Si3. The Hall–Kier alpha value is -9.63. The summed E-state index contributed by atoms with van der Waals surface area (Å²) in [5, 5.41) is 3.50. The van der Waals surface area contributed by atoms with Crippen LogP contribution in [-0.2, 0) is 0 Å². The third-order valence-corrected chi connectivity index (χ3v) is 24.4. The van der Waals surface area contributed by atoms with Gasteiger partial charge in [-0.1, -0.05) is 88.9 Å². The smallest absolute Gasteiger partial charge is 0.454 e. The Kier molecular flexibility index (Phi) is 12.5. The van der Waals surface area contributed by atoms with Gasteiger partial charge in [0.25, 0.3) is 47.3 Å². The van der Waals surface area contributed by atoms with E-state index in [0.717, 1.165) is 41.0 Å². The highest BCUT2D eigenvalue weighted by Gasteiger charge is 2.43. The second kappa shape index (κ2) is 19.3. The van der Waals surface area contributed by atoms with Crippen molar-refractivity contribution in [2.45, 2.75) is 46.2 Å². The molecule has 0 fully saturated rings. The number of nitrogens with zero attached hydrogens (tertiary/aromatic N) is 4. The molecule has 8 aromatic carbocycles. The number of ether oxygens (including phenoxy) is 1. The van der Waals surface area contributed by atoms with Crippen molar-refractivity contribution in [3.63, 3.8) is 0 Å². The maximum Gasteiger partial charge on any atom is 0.454 e. The Labute approximate surface area is 475 Å². The third kappa shape index (κ3) is 8.78. The van der Waals surface area contributed by atoms with Crippen molar-refractivity contribution in [3.8, 4) is 23.0 Å². The quantitative estimate of drug-likeness (QED) is 0.0794. The number of imide groups is 4. The van der Waals surface area contributed by atoms with Gasteiger partial charge in [-0.15, -0.1) is 0 Å². The molecule has 18 heteroatoms. The molecule has 8 amide bonds. The van der Waals surface area contributed by atoms with Crippen LogP contribution in [0.3, 0.4) is 0 Å². The standard InChI is InChI=1S/C64H52N4O11Si3/c1-37-9-17-43(18-10-37)78-82(7,8)79-44-23-15-40(16-24-44)68-61(73)52-32-28-48(36-56(52)64(68)76)81(5,6)47-27-31-51-55(35-47)63(75)67(60(51)72)39-13-21-42(22-14-39)77-41-19-11-38(12-20-41)66-59(71)50-30-26-46(34-54(50)62(66)74)80(3,4)45-25-29-49-53(33-45)58(70)65(2)57(49)69/h9-36H,1-8H3. The number of rotatable bonds is 13. The molecule has 4 aliphatic rings. The van der Waals surface area contributed by atoms with Gasteiger partial charge in [-0.05, 0) is 140 Å². The molecule has 0 saturated carbocycles. The summed E-state index contributed by atoms with van der Waals surface area (Å²) in [4.78, 5) is 113. The van der Waals surface area contributed by atoms with E-state index in [1.165, 1.54) is 11.9 Å². The minimum Gasteiger partial charge on any atom is -0.512 e. The van der Waals surface area contributed by atoms with E-state index in [9.17, 15) is 38.4 Å². The van der Waals surface area contributed by atoms with Crippen molar-refractivity contribution >= 4 is 110 Å². The van der Waals surface area contributed by atoms with Crippen LogP contribution < -0.4 is 49.0 Å². The number of fused-ring (bicyclic) bond motifs is 4. The number of hydrogen-bond donors (Lipinski definition) is 0. The van der Waals surface area contributed by atoms with Crippen LogP contribution in [0.15, 0.2) is 170 Å². The van der Waals surface area contributed by atoms with Crippen LogP contribution in [0.5, 0.6) is 23.0 Å². The Morgan fingerprint density at radius 1 is 0.305 bits per heavy atom. The second-order valence-corrected chi connectivity index (χ2v) is 34.3. The lowest BCUT2D eigenvalue weighted by Gasteiger charge is -2.25. The third-order valence-electron chi connectivity index (χ3n) is 15.9. The summed E-state index contributed by atoms with van der Waals surface area (Å²) in [5.74, 6) is -1.39. The van der Waals surface area contributed by atoms with E-state index in [4.69, 9.17) is 13.6 Å². The van der Waals surface area contributed by atoms with Crippen LogP contribution in [0, 0.1) is 6.92 Å². The van der Waals surface area contributed by atoms with Crippen LogP contribution in [0.4, 0.5) is 17.1 Å². The molecule has 0 bridgehead atoms. The van der Waals surface area contributed by atoms with Crippen molar-refractivity contribution in [2.75, 3.05) is 21.7 Å². The molecule has 0 aromatic heterocycles. The number of carbonyl (C=O) groups excluding carboxylic acids is 8. The molecule has 0 radical (unpaired) electrons. The Morgan fingerprint density at radius 2 is 0.561 bits per heavy atom. The van der Waals surface area contributed by atoms with E-state index in [1.54, 1.807) is 121 Å². The van der Waals surface area contributed by atoms with E-state index >= 15 is 0 Å². The predicted octanol–water partition coefficient (Wildman–Crippen LogP) is 9.22. The summed E-state index contributed by atoms with van der Waals surface area (Å²) < 4.78 is 18.6. The molecular weight excluding hydrogens is 1080 g/mol. The number of anilines is 3. The molecule has 0 atom stereocenters. The van der Waals surface area contributed by atoms with Crippen molar-refractivity contribution in [3.05, 3.63) is 220 Å². The number of benzene rings is 8. The molecule has 8 aromatic rings. The fourth-order valence-corrected chi connectivity index (χ4v) is 17.1. The van der Waals surface area contributed by atoms with Gasteiger partial charge in [0.2, 0.25) is 0 Å². The van der Waals surface area contributed by atoms with Crippen LogP contribution in [0.25, 0.3) is 0 Å². The van der Waals surface area contributed by atoms with E-state index in [1.807, 2.05) is 68.5 Å². The fraction of sp³-hybridized carbons (Fsp3) is 0.125. The van der Waals surface area contributed by atoms with Crippen LogP contribution >= 0.6 is 0 Å². The largest absolute Gasteiger partial charge is 0.512 e. The summed E-state index contributed by atoms with van der Waals surface area (Å²) >= 11 is 0. The monoisotopic (exact) mass is 1140 g/mol. The molecule has 0 unspecified atom stereocenters. The van der Waals surface area contributed by atoms with Crippen LogP contribution in [0.1, 0.15) is 88.4 Å². The maximum absolute atomic E-state index is 14.1. The normalized spacial score (nSPS) is 14.9. The van der Waals surface area contributed by atoms with Gasteiger partial charge in [0.05, 0.1) is 61.6 Å². The number of hydrogen-bond acceptors (Lipinski definition) is 11. The topological polar surface area (TPSA) is 177 Å². The van der Waals surface area contributed by atoms with Gasteiger partial charge >= 0.3 is 8.56 Å². The molecule has 15 nitrogen and oxygen atoms in total. The number of carbonyl (C=O) groups is 8. The molecule has 4 heterocycles. The second-order valence-electron chi connectivity index (χ2n) is 22.3.